The zero-order valence-corrected chi connectivity index (χ0v) is 13.1. The van der Waals surface area contributed by atoms with Crippen LogP contribution in [0, 0.1) is 10.1 Å². The highest BCUT2D eigenvalue weighted by atomic mass is 16.6. The number of nitro groups is 1. The van der Waals surface area contributed by atoms with Crippen LogP contribution >= 0.6 is 0 Å². The Kier molecular flexibility index (Phi) is 6.30. The molecule has 1 aliphatic heterocycles. The number of hydrogen-bond donors (Lipinski definition) is 0. The molecule has 116 valence electrons. The maximum absolute atomic E-state index is 12.0. The first-order valence-corrected chi connectivity index (χ1v) is 7.21. The van der Waals surface area contributed by atoms with Gasteiger partial charge in [0, 0.05) is 37.3 Å². The molecule has 6 heteroatoms. The van der Waals surface area contributed by atoms with Crippen molar-refractivity contribution in [3.63, 3.8) is 0 Å². The van der Waals surface area contributed by atoms with Gasteiger partial charge in [0.2, 0.25) is 5.91 Å². The molecule has 6 nitrogen and oxygen atoms in total. The number of nitro benzene ring substituents is 1. The van der Waals surface area contributed by atoms with Gasteiger partial charge < -0.3 is 9.80 Å². The molecule has 0 saturated heterocycles. The first kappa shape index (κ1) is 17.1. The van der Waals surface area contributed by atoms with Crippen LogP contribution in [0.15, 0.2) is 18.2 Å². The summed E-state index contributed by atoms with van der Waals surface area (Å²) >= 11 is 0. The third-order valence-corrected chi connectivity index (χ3v) is 3.24. The standard InChI is InChI=1S/C13H17N3O3.C2H6/c1-14(2)7-8-15-12-5-4-11(16(18)19)9-10(12)3-6-13(15)17;1-2/h4-5,9H,3,6-8H2,1-2H3;1-2H3. The van der Waals surface area contributed by atoms with Gasteiger partial charge in [-0.1, -0.05) is 13.8 Å². The highest BCUT2D eigenvalue weighted by Crippen LogP contribution is 2.30. The fourth-order valence-corrected chi connectivity index (χ4v) is 2.21. The lowest BCUT2D eigenvalue weighted by Crippen LogP contribution is -2.39. The van der Waals surface area contributed by atoms with Crippen LogP contribution in [0.3, 0.4) is 0 Å². The average molecular weight is 293 g/mol. The summed E-state index contributed by atoms with van der Waals surface area (Å²) in [6, 6.07) is 4.71. The lowest BCUT2D eigenvalue weighted by molar-refractivity contribution is -0.384. The van der Waals surface area contributed by atoms with Crippen LogP contribution in [0.2, 0.25) is 0 Å². The molecule has 1 aromatic carbocycles. The van der Waals surface area contributed by atoms with E-state index in [9.17, 15) is 14.9 Å². The van der Waals surface area contributed by atoms with Gasteiger partial charge in [-0.15, -0.1) is 0 Å². The summed E-state index contributed by atoms with van der Waals surface area (Å²) in [5, 5.41) is 10.8. The van der Waals surface area contributed by atoms with E-state index < -0.39 is 4.92 Å². The molecule has 0 aliphatic carbocycles. The van der Waals surface area contributed by atoms with E-state index in [-0.39, 0.29) is 11.6 Å². The minimum absolute atomic E-state index is 0.0839. The molecule has 0 fully saturated rings. The smallest absolute Gasteiger partial charge is 0.269 e. The van der Waals surface area contributed by atoms with Crippen molar-refractivity contribution in [2.24, 2.45) is 0 Å². The Morgan fingerprint density at radius 3 is 2.52 bits per heavy atom. The van der Waals surface area contributed by atoms with Gasteiger partial charge >= 0.3 is 0 Å². The van der Waals surface area contributed by atoms with Crippen LogP contribution in [0.5, 0.6) is 0 Å². The van der Waals surface area contributed by atoms with Crippen molar-refractivity contribution in [3.05, 3.63) is 33.9 Å². The van der Waals surface area contributed by atoms with E-state index in [1.165, 1.54) is 6.07 Å². The summed E-state index contributed by atoms with van der Waals surface area (Å²) in [7, 11) is 3.90. The van der Waals surface area contributed by atoms with Crippen LogP contribution < -0.4 is 4.90 Å². The first-order valence-electron chi connectivity index (χ1n) is 7.21. The minimum atomic E-state index is -0.402. The van der Waals surface area contributed by atoms with Crippen molar-refractivity contribution < 1.29 is 9.72 Å². The van der Waals surface area contributed by atoms with Crippen molar-refractivity contribution >= 4 is 17.3 Å². The van der Waals surface area contributed by atoms with Gasteiger partial charge in [-0.2, -0.15) is 0 Å². The number of carbonyl (C=O) groups is 1. The summed E-state index contributed by atoms with van der Waals surface area (Å²) in [6.07, 6.45) is 0.996. The molecule has 1 aromatic rings. The van der Waals surface area contributed by atoms with Crippen molar-refractivity contribution in [1.29, 1.82) is 0 Å². The second-order valence-electron chi connectivity index (χ2n) is 4.92. The molecule has 0 aromatic heterocycles. The predicted octanol–water partition coefficient (Wildman–Crippen LogP) is 2.46. The Balaban J connectivity index is 0.00000106. The quantitative estimate of drug-likeness (QED) is 0.632. The van der Waals surface area contributed by atoms with Gasteiger partial charge in [0.25, 0.3) is 5.69 Å². The zero-order chi connectivity index (χ0) is 16.0. The highest BCUT2D eigenvalue weighted by molar-refractivity contribution is 5.96. The summed E-state index contributed by atoms with van der Waals surface area (Å²) in [5.41, 5.74) is 1.77. The first-order chi connectivity index (χ1) is 9.99. The molecule has 0 bridgehead atoms. The number of benzene rings is 1. The van der Waals surface area contributed by atoms with Crippen LogP contribution in [0.4, 0.5) is 11.4 Å². The lowest BCUT2D eigenvalue weighted by atomic mass is 10.0. The van der Waals surface area contributed by atoms with E-state index in [1.54, 1.807) is 17.0 Å². The molecular formula is C15H23N3O3. The summed E-state index contributed by atoms with van der Waals surface area (Å²) < 4.78 is 0. The van der Waals surface area contributed by atoms with Gasteiger partial charge in [-0.05, 0) is 32.1 Å². The molecule has 21 heavy (non-hydrogen) atoms. The molecule has 0 atom stereocenters. The Labute approximate surface area is 125 Å². The summed E-state index contributed by atoms with van der Waals surface area (Å²) in [4.78, 5) is 26.1. The molecule has 0 N–H and O–H groups in total. The average Bonchev–Trinajstić information content (AvgIpc) is 2.47. The van der Waals surface area contributed by atoms with Gasteiger partial charge in [-0.25, -0.2) is 0 Å². The normalized spacial score (nSPS) is 13.6. The molecule has 1 aliphatic rings. The predicted molar refractivity (Wildman–Crippen MR) is 83.7 cm³/mol. The molecule has 1 amide bonds. The number of likely N-dealkylation sites (N-methyl/N-ethyl adjacent to an activating group) is 1. The van der Waals surface area contributed by atoms with E-state index >= 15 is 0 Å². The Bertz CT molecular complexity index is 515. The number of fused-ring (bicyclic) bond motifs is 1. The summed E-state index contributed by atoms with van der Waals surface area (Å²) in [5.74, 6) is 0.0863. The number of amides is 1. The fourth-order valence-electron chi connectivity index (χ4n) is 2.21. The SMILES string of the molecule is CC.CN(C)CCN1C(=O)CCc2cc([N+](=O)[O-])ccc21. The summed E-state index contributed by atoms with van der Waals surface area (Å²) in [6.45, 7) is 5.37. The van der Waals surface area contributed by atoms with Crippen molar-refractivity contribution in [3.8, 4) is 0 Å². The number of aryl methyl sites for hydroxylation is 1. The van der Waals surface area contributed by atoms with E-state index in [4.69, 9.17) is 0 Å². The maximum Gasteiger partial charge on any atom is 0.269 e. The molecule has 0 radical (unpaired) electrons. The van der Waals surface area contributed by atoms with Crippen molar-refractivity contribution in [2.45, 2.75) is 26.7 Å². The van der Waals surface area contributed by atoms with E-state index in [0.29, 0.717) is 19.4 Å². The Morgan fingerprint density at radius 2 is 1.95 bits per heavy atom. The van der Waals surface area contributed by atoms with Gasteiger partial charge in [0.05, 0.1) is 4.92 Å². The second kappa shape index (κ2) is 7.73. The number of non-ortho nitro benzene ring substituents is 1. The maximum atomic E-state index is 12.0. The van der Waals surface area contributed by atoms with Crippen LogP contribution in [0.25, 0.3) is 0 Å². The number of nitrogens with zero attached hydrogens (tertiary/aromatic N) is 3. The van der Waals surface area contributed by atoms with Crippen LogP contribution in [0.1, 0.15) is 25.8 Å². The molecule has 1 heterocycles. The number of carbonyl (C=O) groups excluding carboxylic acids is 1. The van der Waals surface area contributed by atoms with E-state index in [1.807, 2.05) is 32.8 Å². The van der Waals surface area contributed by atoms with E-state index in [0.717, 1.165) is 17.8 Å². The van der Waals surface area contributed by atoms with Crippen LogP contribution in [-0.2, 0) is 11.2 Å². The minimum Gasteiger partial charge on any atom is -0.311 e. The second-order valence-corrected chi connectivity index (χ2v) is 4.92. The number of rotatable bonds is 4. The number of anilines is 1. The monoisotopic (exact) mass is 293 g/mol. The molecule has 0 spiro atoms. The Hall–Kier alpha value is -1.95. The van der Waals surface area contributed by atoms with Gasteiger partial charge in [0.1, 0.15) is 0 Å². The molecule has 0 saturated carbocycles. The van der Waals surface area contributed by atoms with Gasteiger partial charge in [-0.3, -0.25) is 14.9 Å². The third-order valence-electron chi connectivity index (χ3n) is 3.24. The highest BCUT2D eigenvalue weighted by Gasteiger charge is 2.25. The van der Waals surface area contributed by atoms with Crippen molar-refractivity contribution in [2.75, 3.05) is 32.1 Å². The molecular weight excluding hydrogens is 270 g/mol. The number of hydrogen-bond acceptors (Lipinski definition) is 4. The Morgan fingerprint density at radius 1 is 1.29 bits per heavy atom. The topological polar surface area (TPSA) is 66.7 Å². The molecule has 2 rings (SSSR count). The molecule has 0 unspecified atom stereocenters. The lowest BCUT2D eigenvalue weighted by Gasteiger charge is -2.30. The fraction of sp³-hybridized carbons (Fsp3) is 0.533. The zero-order valence-electron chi connectivity index (χ0n) is 13.1. The van der Waals surface area contributed by atoms with Crippen molar-refractivity contribution in [1.82, 2.24) is 4.90 Å². The third kappa shape index (κ3) is 4.26. The van der Waals surface area contributed by atoms with Gasteiger partial charge in [0.15, 0.2) is 0 Å². The van der Waals surface area contributed by atoms with E-state index in [2.05, 4.69) is 0 Å². The largest absolute Gasteiger partial charge is 0.311 e. The van der Waals surface area contributed by atoms with Crippen LogP contribution in [-0.4, -0.2) is 42.9 Å².